The van der Waals surface area contributed by atoms with E-state index in [2.05, 4.69) is 4.74 Å². The van der Waals surface area contributed by atoms with Crippen LogP contribution in [0.15, 0.2) is 24.3 Å². The fourth-order valence-corrected chi connectivity index (χ4v) is 1.77. The lowest BCUT2D eigenvalue weighted by Crippen LogP contribution is -2.34. The van der Waals surface area contributed by atoms with Gasteiger partial charge >= 0.3 is 14.2 Å². The summed E-state index contributed by atoms with van der Waals surface area (Å²) >= 11 is 0. The average molecular weight is 394 g/mol. The van der Waals surface area contributed by atoms with Gasteiger partial charge in [0.1, 0.15) is 11.5 Å². The van der Waals surface area contributed by atoms with E-state index in [4.69, 9.17) is 25.2 Å². The Hall–Kier alpha value is -2.27. The summed E-state index contributed by atoms with van der Waals surface area (Å²) in [6.07, 6.45) is 0. The molecule has 150 valence electrons. The minimum absolute atomic E-state index is 0. The number of hydrogen-bond acceptors (Lipinski definition) is 6. The molecule has 0 aliphatic heterocycles. The molecule has 0 heterocycles. The van der Waals surface area contributed by atoms with Gasteiger partial charge in [0.2, 0.25) is 0 Å². The highest BCUT2D eigenvalue weighted by Gasteiger charge is 2.25. The molecule has 0 atom stereocenters. The summed E-state index contributed by atoms with van der Waals surface area (Å²) < 4.78 is 55.2. The van der Waals surface area contributed by atoms with Gasteiger partial charge in [0.05, 0.1) is 18.0 Å². The first-order valence-electron chi connectivity index (χ1n) is 6.52. The summed E-state index contributed by atoms with van der Waals surface area (Å²) in [5, 5.41) is 43.3. The number of hydrogen-bond donors (Lipinski definition) is 5. The Morgan fingerprint density at radius 3 is 1.52 bits per heavy atom. The van der Waals surface area contributed by atoms with Gasteiger partial charge in [-0.25, -0.2) is 17.6 Å². The number of ether oxygens (including phenoxy) is 1. The number of aromatic hydroxyl groups is 1. The van der Waals surface area contributed by atoms with Crippen LogP contribution in [0.2, 0.25) is 0 Å². The molecule has 0 aromatic heterocycles. The highest BCUT2D eigenvalue weighted by molar-refractivity contribution is 6.60. The van der Waals surface area contributed by atoms with Gasteiger partial charge in [0.15, 0.2) is 23.3 Å². The third-order valence-corrected chi connectivity index (χ3v) is 2.94. The molecule has 0 spiro atoms. The molecule has 27 heavy (non-hydrogen) atoms. The normalized spacial score (nSPS) is 9.22. The van der Waals surface area contributed by atoms with Gasteiger partial charge in [-0.05, 0) is 24.3 Å². The molecule has 5 N–H and O–H groups in total. The van der Waals surface area contributed by atoms with E-state index in [1.165, 1.54) is 7.11 Å². The first kappa shape index (κ1) is 27.0. The number of methoxy groups -OCH3 is 1. The number of benzene rings is 2. The molecule has 0 radical (unpaired) electrons. The summed E-state index contributed by atoms with van der Waals surface area (Å²) in [4.78, 5) is 0. The molecule has 0 saturated heterocycles. The third kappa shape index (κ3) is 6.43. The Bertz CT molecular complexity index is 747. The van der Waals surface area contributed by atoms with Gasteiger partial charge in [0.25, 0.3) is 0 Å². The van der Waals surface area contributed by atoms with Crippen molar-refractivity contribution in [3.8, 4) is 11.5 Å². The molecule has 0 saturated carbocycles. The molecule has 2 aromatic rings. The Morgan fingerprint density at radius 1 is 0.741 bits per heavy atom. The summed E-state index contributed by atoms with van der Waals surface area (Å²) in [6.45, 7) is 0. The van der Waals surface area contributed by atoms with Crippen molar-refractivity contribution in [1.82, 2.24) is 0 Å². The minimum Gasteiger partial charge on any atom is -0.508 e. The lowest BCUT2D eigenvalue weighted by molar-refractivity contribution is 0.394. The van der Waals surface area contributed by atoms with E-state index in [9.17, 15) is 17.6 Å². The van der Waals surface area contributed by atoms with E-state index in [-0.39, 0.29) is 20.6 Å². The second-order valence-electron chi connectivity index (χ2n) is 4.52. The van der Waals surface area contributed by atoms with Crippen LogP contribution in [-0.4, -0.2) is 46.5 Å². The van der Waals surface area contributed by atoms with E-state index >= 15 is 0 Å². The Labute approximate surface area is 154 Å². The van der Waals surface area contributed by atoms with Gasteiger partial charge in [-0.3, -0.25) is 0 Å². The summed E-state index contributed by atoms with van der Waals surface area (Å²) in [6, 6.07) is 3.50. The second kappa shape index (κ2) is 11.4. The van der Waals surface area contributed by atoms with Crippen LogP contribution in [0.25, 0.3) is 0 Å². The Morgan fingerprint density at radius 2 is 1.15 bits per heavy atom. The molecule has 0 fully saturated rings. The molecule has 0 aliphatic carbocycles. The van der Waals surface area contributed by atoms with Crippen LogP contribution in [0.5, 0.6) is 11.5 Å². The van der Waals surface area contributed by atoms with Crippen molar-refractivity contribution in [2.24, 2.45) is 0 Å². The van der Waals surface area contributed by atoms with Crippen molar-refractivity contribution in [1.29, 1.82) is 0 Å². The topological polar surface area (TPSA) is 110 Å². The fraction of sp³-hybridized carbons (Fsp3) is 0.200. The van der Waals surface area contributed by atoms with Crippen molar-refractivity contribution in [3.05, 3.63) is 47.5 Å². The first-order valence-corrected chi connectivity index (χ1v) is 6.52. The number of phenolic OH excluding ortho intramolecular Hbond substituents is 1. The fourth-order valence-electron chi connectivity index (χ4n) is 1.77. The molecule has 2 rings (SSSR count). The highest BCUT2D eigenvalue weighted by Crippen LogP contribution is 2.13. The van der Waals surface area contributed by atoms with Crippen LogP contribution < -0.4 is 15.7 Å². The van der Waals surface area contributed by atoms with Crippen LogP contribution in [0.4, 0.5) is 17.6 Å². The Balaban J connectivity index is 0. The van der Waals surface area contributed by atoms with Crippen molar-refractivity contribution >= 4 is 25.2 Å². The van der Waals surface area contributed by atoms with Crippen molar-refractivity contribution in [2.45, 2.75) is 14.9 Å². The Kier molecular flexibility index (Phi) is 11.4. The average Bonchev–Trinajstić information content (AvgIpc) is 2.53. The molecule has 0 aliphatic rings. The smallest absolute Gasteiger partial charge is 0.495 e. The molecule has 2 aromatic carbocycles. The predicted octanol–water partition coefficient (Wildman–Crippen LogP) is 0.276. The zero-order chi connectivity index (χ0) is 19.3. The quantitative estimate of drug-likeness (QED) is 0.378. The van der Waals surface area contributed by atoms with Gasteiger partial charge in [-0.1, -0.05) is 14.9 Å². The monoisotopic (exact) mass is 394 g/mol. The summed E-state index contributed by atoms with van der Waals surface area (Å²) in [5.41, 5.74) is -1.45. The van der Waals surface area contributed by atoms with Crippen molar-refractivity contribution in [3.63, 3.8) is 0 Å². The van der Waals surface area contributed by atoms with Gasteiger partial charge in [-0.2, -0.15) is 0 Å². The van der Waals surface area contributed by atoms with Crippen LogP contribution >= 0.6 is 0 Å². The van der Waals surface area contributed by atoms with Crippen LogP contribution in [0, 0.1) is 23.3 Å². The molecule has 12 heteroatoms. The standard InChI is InChI=1S/C7H7BF2O3.C6H5BF2O3.2CH4/c1-13-5-3-2-4(9)7(10)6(5)8(11)12;8-3-1-2-4(10)5(6(3)9)7(11)12;;/h2-3,11-12H,1H3;1-2,10-12H;2*1H4. The predicted molar refractivity (Wildman–Crippen MR) is 94.0 cm³/mol. The summed E-state index contributed by atoms with van der Waals surface area (Å²) in [5.74, 6) is -5.95. The van der Waals surface area contributed by atoms with Crippen LogP contribution in [0.1, 0.15) is 14.9 Å². The van der Waals surface area contributed by atoms with Gasteiger partial charge < -0.3 is 29.9 Å². The minimum atomic E-state index is -2.22. The molecule has 0 amide bonds. The highest BCUT2D eigenvalue weighted by atomic mass is 19.2. The zero-order valence-corrected chi connectivity index (χ0v) is 12.6. The maximum atomic E-state index is 12.9. The van der Waals surface area contributed by atoms with Gasteiger partial charge in [-0.15, -0.1) is 0 Å². The lowest BCUT2D eigenvalue weighted by atomic mass is 9.79. The van der Waals surface area contributed by atoms with E-state index in [0.29, 0.717) is 6.07 Å². The lowest BCUT2D eigenvalue weighted by Gasteiger charge is -2.08. The van der Waals surface area contributed by atoms with E-state index in [0.717, 1.165) is 18.2 Å². The number of phenols is 1. The maximum Gasteiger partial charge on any atom is 0.495 e. The van der Waals surface area contributed by atoms with Crippen LogP contribution in [-0.2, 0) is 0 Å². The molecule has 0 unspecified atom stereocenters. The maximum absolute atomic E-state index is 12.9. The van der Waals surface area contributed by atoms with E-state index < -0.39 is 54.2 Å². The second-order valence-corrected chi connectivity index (χ2v) is 4.52. The number of rotatable bonds is 3. The third-order valence-electron chi connectivity index (χ3n) is 2.94. The molecular formula is C15H20B2F4O6. The molecule has 0 bridgehead atoms. The van der Waals surface area contributed by atoms with Crippen molar-refractivity contribution in [2.75, 3.05) is 7.11 Å². The van der Waals surface area contributed by atoms with Crippen molar-refractivity contribution < 1.29 is 47.5 Å². The largest absolute Gasteiger partial charge is 0.508 e. The molecular weight excluding hydrogens is 374 g/mol. The first-order chi connectivity index (χ1) is 11.6. The van der Waals surface area contributed by atoms with E-state index in [1.54, 1.807) is 0 Å². The summed E-state index contributed by atoms with van der Waals surface area (Å²) in [7, 11) is -3.09. The number of halogens is 4. The van der Waals surface area contributed by atoms with E-state index in [1.807, 2.05) is 0 Å². The van der Waals surface area contributed by atoms with Crippen LogP contribution in [0.3, 0.4) is 0 Å². The molecule has 6 nitrogen and oxygen atoms in total. The zero-order valence-electron chi connectivity index (χ0n) is 12.6. The SMILES string of the molecule is C.C.COc1ccc(F)c(F)c1B(O)O.OB(O)c1c(O)ccc(F)c1F. The van der Waals surface area contributed by atoms with Gasteiger partial charge in [0, 0.05) is 0 Å².